The van der Waals surface area contributed by atoms with Crippen molar-refractivity contribution in [2.24, 2.45) is 0 Å². The Kier molecular flexibility index (Phi) is 3.50. The van der Waals surface area contributed by atoms with Crippen LogP contribution in [-0.4, -0.2) is 26.7 Å². The van der Waals surface area contributed by atoms with Gasteiger partial charge < -0.3 is 5.11 Å². The summed E-state index contributed by atoms with van der Waals surface area (Å²) in [5.41, 5.74) is 1.41. The number of pyridine rings is 1. The van der Waals surface area contributed by atoms with E-state index in [-0.39, 0.29) is 5.25 Å². The highest BCUT2D eigenvalue weighted by atomic mass is 32.2. The molecule has 19 heavy (non-hydrogen) atoms. The van der Waals surface area contributed by atoms with Crippen molar-refractivity contribution in [2.75, 3.05) is 5.75 Å². The Balaban J connectivity index is 1.88. The zero-order chi connectivity index (χ0) is 13.3. The Morgan fingerprint density at radius 3 is 3.00 bits per heavy atom. The lowest BCUT2D eigenvalue weighted by Gasteiger charge is -2.37. The third-order valence-corrected chi connectivity index (χ3v) is 5.49. The first-order chi connectivity index (χ1) is 9.17. The molecule has 100 valence electrons. The lowest BCUT2D eigenvalue weighted by atomic mass is 9.88. The maximum atomic E-state index is 10.8. The number of hydrogen-bond donors (Lipinski definition) is 1. The molecule has 2 aromatic rings. The van der Waals surface area contributed by atoms with E-state index in [4.69, 9.17) is 0 Å². The number of hydrogen-bond acceptors (Lipinski definition) is 3. The maximum absolute atomic E-state index is 10.8. The number of nitrogens with zero attached hydrogens (tertiary/aromatic N) is 1. The van der Waals surface area contributed by atoms with E-state index < -0.39 is 5.60 Å². The van der Waals surface area contributed by atoms with Gasteiger partial charge in [-0.3, -0.25) is 4.98 Å². The van der Waals surface area contributed by atoms with Gasteiger partial charge in [-0.05, 0) is 30.7 Å². The molecule has 1 aromatic carbocycles. The highest BCUT2D eigenvalue weighted by molar-refractivity contribution is 8.00. The van der Waals surface area contributed by atoms with Gasteiger partial charge in [0.15, 0.2) is 0 Å². The van der Waals surface area contributed by atoms with Crippen molar-refractivity contribution >= 4 is 22.7 Å². The average Bonchev–Trinajstić information content (AvgIpc) is 2.42. The normalized spacial score (nSPS) is 27.6. The number of aromatic nitrogens is 1. The largest absolute Gasteiger partial charge is 0.388 e. The van der Waals surface area contributed by atoms with E-state index in [1.165, 1.54) is 0 Å². The van der Waals surface area contributed by atoms with Gasteiger partial charge in [0.05, 0.1) is 11.1 Å². The van der Waals surface area contributed by atoms with Crippen molar-refractivity contribution in [1.29, 1.82) is 0 Å². The third kappa shape index (κ3) is 2.63. The highest BCUT2D eigenvalue weighted by Crippen LogP contribution is 2.36. The Labute approximate surface area is 118 Å². The molecule has 0 aliphatic carbocycles. The van der Waals surface area contributed by atoms with Crippen molar-refractivity contribution in [3.8, 4) is 0 Å². The molecular weight excluding hydrogens is 254 g/mol. The van der Waals surface area contributed by atoms with Gasteiger partial charge in [-0.1, -0.05) is 31.2 Å². The molecule has 3 heteroatoms. The minimum atomic E-state index is -0.599. The van der Waals surface area contributed by atoms with Gasteiger partial charge in [-0.15, -0.1) is 0 Å². The smallest absolute Gasteiger partial charge is 0.0818 e. The number of aliphatic hydroxyl groups is 1. The van der Waals surface area contributed by atoms with Gasteiger partial charge in [0, 0.05) is 22.8 Å². The molecule has 1 aromatic heterocycles. The minimum absolute atomic E-state index is 0.287. The Hall–Kier alpha value is -1.06. The van der Waals surface area contributed by atoms with Crippen LogP contribution in [0.15, 0.2) is 36.4 Å². The second kappa shape index (κ2) is 5.14. The summed E-state index contributed by atoms with van der Waals surface area (Å²) in [6.07, 6.45) is 2.64. The highest BCUT2D eigenvalue weighted by Gasteiger charge is 2.37. The van der Waals surface area contributed by atoms with Crippen LogP contribution < -0.4 is 0 Å². The van der Waals surface area contributed by atoms with Crippen LogP contribution in [0.5, 0.6) is 0 Å². The summed E-state index contributed by atoms with van der Waals surface area (Å²) in [7, 11) is 0. The van der Waals surface area contributed by atoms with E-state index in [0.29, 0.717) is 6.42 Å². The van der Waals surface area contributed by atoms with E-state index in [1.807, 2.05) is 36.0 Å². The monoisotopic (exact) mass is 273 g/mol. The van der Waals surface area contributed by atoms with E-state index in [2.05, 4.69) is 24.0 Å². The maximum Gasteiger partial charge on any atom is 0.0818 e. The second-order valence-corrected chi connectivity index (χ2v) is 6.84. The fraction of sp³-hybridized carbons (Fsp3) is 0.438. The van der Waals surface area contributed by atoms with Crippen molar-refractivity contribution in [3.63, 3.8) is 0 Å². The minimum Gasteiger partial charge on any atom is -0.388 e. The SMILES string of the molecule is CC1SCCCC1(O)Cc1ccc2ccccc2n1. The summed E-state index contributed by atoms with van der Waals surface area (Å²) < 4.78 is 0. The molecule has 1 saturated heterocycles. The van der Waals surface area contributed by atoms with Crippen molar-refractivity contribution in [1.82, 2.24) is 4.98 Å². The van der Waals surface area contributed by atoms with Crippen molar-refractivity contribution < 1.29 is 5.11 Å². The zero-order valence-electron chi connectivity index (χ0n) is 11.2. The molecule has 1 aliphatic heterocycles. The summed E-state index contributed by atoms with van der Waals surface area (Å²) >= 11 is 1.87. The van der Waals surface area contributed by atoms with Crippen LogP contribution in [0, 0.1) is 0 Å². The molecule has 2 unspecified atom stereocenters. The Morgan fingerprint density at radius 2 is 2.16 bits per heavy atom. The molecule has 1 N–H and O–H groups in total. The molecule has 0 radical (unpaired) electrons. The molecule has 1 fully saturated rings. The number of para-hydroxylation sites is 1. The van der Waals surface area contributed by atoms with Gasteiger partial charge in [-0.25, -0.2) is 0 Å². The molecule has 1 aliphatic rings. The number of fused-ring (bicyclic) bond motifs is 1. The molecule has 2 heterocycles. The lowest BCUT2D eigenvalue weighted by Crippen LogP contribution is -2.43. The van der Waals surface area contributed by atoms with Gasteiger partial charge in [0.1, 0.15) is 0 Å². The topological polar surface area (TPSA) is 33.1 Å². The summed E-state index contributed by atoms with van der Waals surface area (Å²) in [6.45, 7) is 2.13. The van der Waals surface area contributed by atoms with Gasteiger partial charge in [0.2, 0.25) is 0 Å². The molecule has 0 bridgehead atoms. The predicted octanol–water partition coefficient (Wildman–Crippen LogP) is 3.42. The molecule has 0 spiro atoms. The number of benzene rings is 1. The molecular formula is C16H19NOS. The summed E-state index contributed by atoms with van der Waals surface area (Å²) in [4.78, 5) is 4.68. The van der Waals surface area contributed by atoms with Crippen molar-refractivity contribution in [3.05, 3.63) is 42.1 Å². The predicted molar refractivity (Wildman–Crippen MR) is 81.6 cm³/mol. The standard InChI is InChI=1S/C16H19NOS/c1-12-16(18,9-4-10-19-12)11-14-8-7-13-5-2-3-6-15(13)17-14/h2-3,5-8,12,18H,4,9-11H2,1H3. The Bertz CT molecular complexity index is 586. The second-order valence-electron chi connectivity index (χ2n) is 5.39. The van der Waals surface area contributed by atoms with Crippen LogP contribution in [0.3, 0.4) is 0 Å². The summed E-state index contributed by atoms with van der Waals surface area (Å²) in [5.74, 6) is 1.16. The fourth-order valence-corrected chi connectivity index (χ4v) is 3.93. The third-order valence-electron chi connectivity index (χ3n) is 4.02. The van der Waals surface area contributed by atoms with Gasteiger partial charge in [-0.2, -0.15) is 11.8 Å². The molecule has 0 amide bonds. The number of thioether (sulfide) groups is 1. The fourth-order valence-electron chi connectivity index (χ4n) is 2.75. The molecule has 3 rings (SSSR count). The van der Waals surface area contributed by atoms with Crippen LogP contribution in [0.2, 0.25) is 0 Å². The molecule has 2 nitrogen and oxygen atoms in total. The summed E-state index contributed by atoms with van der Waals surface area (Å²) in [5, 5.41) is 12.2. The summed E-state index contributed by atoms with van der Waals surface area (Å²) in [6, 6.07) is 12.3. The molecule has 0 saturated carbocycles. The van der Waals surface area contributed by atoms with Crippen LogP contribution in [-0.2, 0) is 6.42 Å². The van der Waals surface area contributed by atoms with Crippen LogP contribution >= 0.6 is 11.8 Å². The first-order valence-electron chi connectivity index (χ1n) is 6.86. The molecule has 2 atom stereocenters. The van der Waals surface area contributed by atoms with Crippen molar-refractivity contribution in [2.45, 2.75) is 37.0 Å². The quantitative estimate of drug-likeness (QED) is 0.910. The van der Waals surface area contributed by atoms with E-state index in [1.54, 1.807) is 0 Å². The van der Waals surface area contributed by atoms with E-state index in [9.17, 15) is 5.11 Å². The van der Waals surface area contributed by atoms with Crippen LogP contribution in [0.1, 0.15) is 25.5 Å². The number of rotatable bonds is 2. The Morgan fingerprint density at radius 1 is 1.32 bits per heavy atom. The van der Waals surface area contributed by atoms with E-state index >= 15 is 0 Å². The lowest BCUT2D eigenvalue weighted by molar-refractivity contribution is 0.0289. The van der Waals surface area contributed by atoms with Crippen LogP contribution in [0.4, 0.5) is 0 Å². The average molecular weight is 273 g/mol. The van der Waals surface area contributed by atoms with Gasteiger partial charge >= 0.3 is 0 Å². The van der Waals surface area contributed by atoms with Gasteiger partial charge in [0.25, 0.3) is 0 Å². The first kappa shape index (κ1) is 12.9. The zero-order valence-corrected chi connectivity index (χ0v) is 12.0. The van der Waals surface area contributed by atoms with Crippen LogP contribution in [0.25, 0.3) is 10.9 Å². The first-order valence-corrected chi connectivity index (χ1v) is 7.91. The van der Waals surface area contributed by atoms with E-state index in [0.717, 1.165) is 35.2 Å².